The quantitative estimate of drug-likeness (QED) is 0.812. The Hall–Kier alpha value is -1.47. The molecule has 21 heavy (non-hydrogen) atoms. The summed E-state index contributed by atoms with van der Waals surface area (Å²) in [7, 11) is -3.28. The zero-order valence-corrected chi connectivity index (χ0v) is 13.3. The minimum Gasteiger partial charge on any atom is -0.493 e. The summed E-state index contributed by atoms with van der Waals surface area (Å²) < 4.78 is 42.2. The summed E-state index contributed by atoms with van der Waals surface area (Å²) in [5.41, 5.74) is -0.461. The second-order valence-electron chi connectivity index (χ2n) is 5.89. The average Bonchev–Trinajstić information content (AvgIpc) is 2.79. The highest BCUT2D eigenvalue weighted by Gasteiger charge is 2.19. The van der Waals surface area contributed by atoms with Gasteiger partial charge in [-0.1, -0.05) is 0 Å². The first-order valence-electron chi connectivity index (χ1n) is 6.79. The van der Waals surface area contributed by atoms with E-state index >= 15 is 0 Å². The van der Waals surface area contributed by atoms with Gasteiger partial charge in [0.25, 0.3) is 0 Å². The molecule has 1 aliphatic rings. The van der Waals surface area contributed by atoms with E-state index in [1.165, 1.54) is 0 Å². The summed E-state index contributed by atoms with van der Waals surface area (Å²) in [5.74, 6) is 2.02. The third-order valence-electron chi connectivity index (χ3n) is 2.63. The monoisotopic (exact) mass is 315 g/mol. The molecule has 0 aromatic heterocycles. The number of ether oxygens (including phenoxy) is 3. The molecule has 118 valence electrons. The lowest BCUT2D eigenvalue weighted by Crippen LogP contribution is -2.41. The molecule has 6 nitrogen and oxygen atoms in total. The van der Waals surface area contributed by atoms with Gasteiger partial charge in [0, 0.05) is 11.6 Å². The van der Waals surface area contributed by atoms with Gasteiger partial charge >= 0.3 is 0 Å². The van der Waals surface area contributed by atoms with Crippen LogP contribution in [0.5, 0.6) is 17.2 Å². The molecule has 0 aliphatic carbocycles. The van der Waals surface area contributed by atoms with Crippen LogP contribution >= 0.6 is 0 Å². The van der Waals surface area contributed by atoms with Crippen LogP contribution in [-0.2, 0) is 10.0 Å². The zero-order valence-electron chi connectivity index (χ0n) is 12.5. The van der Waals surface area contributed by atoms with E-state index in [1.54, 1.807) is 18.2 Å². The Morgan fingerprint density at radius 3 is 2.67 bits per heavy atom. The van der Waals surface area contributed by atoms with Gasteiger partial charge in [0.15, 0.2) is 11.5 Å². The smallest absolute Gasteiger partial charge is 0.231 e. The summed E-state index contributed by atoms with van der Waals surface area (Å²) in [6, 6.07) is 5.29. The average molecular weight is 315 g/mol. The second kappa shape index (κ2) is 6.11. The van der Waals surface area contributed by atoms with E-state index in [-0.39, 0.29) is 12.5 Å². The van der Waals surface area contributed by atoms with Gasteiger partial charge in [-0.2, -0.15) is 0 Å². The van der Waals surface area contributed by atoms with E-state index in [1.807, 2.05) is 20.8 Å². The summed E-state index contributed by atoms with van der Waals surface area (Å²) in [6.07, 6.45) is 0.417. The maximum Gasteiger partial charge on any atom is 0.231 e. The normalized spacial score (nSPS) is 14.2. The number of fused-ring (bicyclic) bond motifs is 1. The fraction of sp³-hybridized carbons (Fsp3) is 0.571. The van der Waals surface area contributed by atoms with Crippen molar-refractivity contribution in [2.45, 2.75) is 32.7 Å². The number of rotatable bonds is 6. The van der Waals surface area contributed by atoms with Crippen LogP contribution in [-0.4, -0.2) is 33.1 Å². The van der Waals surface area contributed by atoms with Crippen LogP contribution in [0.15, 0.2) is 18.2 Å². The van der Waals surface area contributed by atoms with Crippen molar-refractivity contribution < 1.29 is 22.6 Å². The molecule has 0 radical (unpaired) electrons. The molecular formula is C14H21NO5S. The van der Waals surface area contributed by atoms with Crippen LogP contribution < -0.4 is 18.9 Å². The predicted octanol–water partition coefficient (Wildman–Crippen LogP) is 1.90. The molecule has 1 aromatic rings. The van der Waals surface area contributed by atoms with E-state index in [0.29, 0.717) is 30.3 Å². The molecule has 0 unspecified atom stereocenters. The van der Waals surface area contributed by atoms with Crippen LogP contribution in [0.1, 0.15) is 27.2 Å². The van der Waals surface area contributed by atoms with Crippen molar-refractivity contribution >= 4 is 10.0 Å². The predicted molar refractivity (Wildman–Crippen MR) is 79.4 cm³/mol. The van der Waals surface area contributed by atoms with E-state index in [9.17, 15) is 8.42 Å². The topological polar surface area (TPSA) is 73.9 Å². The number of nitrogens with one attached hydrogen (secondary N) is 1. The number of benzene rings is 1. The van der Waals surface area contributed by atoms with E-state index < -0.39 is 15.6 Å². The third-order valence-corrected chi connectivity index (χ3v) is 4.38. The van der Waals surface area contributed by atoms with Gasteiger partial charge in [-0.15, -0.1) is 0 Å². The Balaban J connectivity index is 1.77. The van der Waals surface area contributed by atoms with E-state index in [2.05, 4.69) is 4.72 Å². The molecule has 0 fully saturated rings. The van der Waals surface area contributed by atoms with Crippen LogP contribution in [0, 0.1) is 0 Å². The van der Waals surface area contributed by atoms with Crippen LogP contribution in [0.4, 0.5) is 0 Å². The lowest BCUT2D eigenvalue weighted by atomic mass is 10.1. The van der Waals surface area contributed by atoms with Crippen molar-refractivity contribution in [3.8, 4) is 17.2 Å². The SMILES string of the molecule is CC(C)(C)NS(=O)(=O)CCCOc1ccc2c(c1)OCO2. The second-order valence-corrected chi connectivity index (χ2v) is 7.73. The van der Waals surface area contributed by atoms with E-state index in [4.69, 9.17) is 14.2 Å². The van der Waals surface area contributed by atoms with Crippen molar-refractivity contribution in [3.63, 3.8) is 0 Å². The largest absolute Gasteiger partial charge is 0.493 e. The number of sulfonamides is 1. The Kier molecular flexibility index (Phi) is 4.63. The Morgan fingerprint density at radius 2 is 1.95 bits per heavy atom. The molecule has 1 aliphatic heterocycles. The fourth-order valence-electron chi connectivity index (χ4n) is 1.92. The molecule has 0 amide bonds. The maximum atomic E-state index is 11.8. The molecule has 0 saturated carbocycles. The molecule has 1 aromatic carbocycles. The highest BCUT2D eigenvalue weighted by Crippen LogP contribution is 2.35. The van der Waals surface area contributed by atoms with Crippen LogP contribution in [0.2, 0.25) is 0 Å². The van der Waals surface area contributed by atoms with Crippen molar-refractivity contribution in [2.24, 2.45) is 0 Å². The standard InChI is InChI=1S/C14H21NO5S/c1-14(2,3)15-21(16,17)8-4-7-18-11-5-6-12-13(9-11)20-10-19-12/h5-6,9,15H,4,7-8,10H2,1-3H3. The summed E-state index contributed by atoms with van der Waals surface area (Å²) in [6.45, 7) is 5.98. The first-order chi connectivity index (χ1) is 9.75. The fourth-order valence-corrected chi connectivity index (χ4v) is 3.46. The minimum atomic E-state index is -3.28. The van der Waals surface area contributed by atoms with Crippen LogP contribution in [0.25, 0.3) is 0 Å². The molecule has 0 atom stereocenters. The van der Waals surface area contributed by atoms with Gasteiger partial charge < -0.3 is 14.2 Å². The lowest BCUT2D eigenvalue weighted by molar-refractivity contribution is 0.173. The summed E-state index contributed by atoms with van der Waals surface area (Å²) in [5, 5.41) is 0. The highest BCUT2D eigenvalue weighted by molar-refractivity contribution is 7.89. The first kappa shape index (κ1) is 15.9. The van der Waals surface area contributed by atoms with Crippen molar-refractivity contribution in [3.05, 3.63) is 18.2 Å². The molecular weight excluding hydrogens is 294 g/mol. The Morgan fingerprint density at radius 1 is 1.24 bits per heavy atom. The van der Waals surface area contributed by atoms with Crippen molar-refractivity contribution in [2.75, 3.05) is 19.2 Å². The van der Waals surface area contributed by atoms with Crippen molar-refractivity contribution in [1.29, 1.82) is 0 Å². The van der Waals surface area contributed by atoms with E-state index in [0.717, 1.165) is 0 Å². The Labute approximate surface area is 125 Å². The van der Waals surface area contributed by atoms with Gasteiger partial charge in [0.2, 0.25) is 16.8 Å². The molecule has 2 rings (SSSR count). The van der Waals surface area contributed by atoms with Gasteiger partial charge in [0.05, 0.1) is 12.4 Å². The number of hydrogen-bond donors (Lipinski definition) is 1. The highest BCUT2D eigenvalue weighted by atomic mass is 32.2. The summed E-state index contributed by atoms with van der Waals surface area (Å²) >= 11 is 0. The maximum absolute atomic E-state index is 11.8. The summed E-state index contributed by atoms with van der Waals surface area (Å²) in [4.78, 5) is 0. The van der Waals surface area contributed by atoms with Gasteiger partial charge in [-0.05, 0) is 39.3 Å². The van der Waals surface area contributed by atoms with Gasteiger partial charge in [-0.3, -0.25) is 0 Å². The molecule has 7 heteroatoms. The molecule has 1 N–H and O–H groups in total. The Bertz CT molecular complexity index is 592. The zero-order chi connectivity index (χ0) is 15.5. The first-order valence-corrected chi connectivity index (χ1v) is 8.44. The lowest BCUT2D eigenvalue weighted by Gasteiger charge is -2.20. The van der Waals surface area contributed by atoms with Gasteiger partial charge in [-0.25, -0.2) is 13.1 Å². The number of hydrogen-bond acceptors (Lipinski definition) is 5. The van der Waals surface area contributed by atoms with Crippen LogP contribution in [0.3, 0.4) is 0 Å². The van der Waals surface area contributed by atoms with Gasteiger partial charge in [0.1, 0.15) is 5.75 Å². The minimum absolute atomic E-state index is 0.0365. The molecule has 0 spiro atoms. The molecule has 1 heterocycles. The third kappa shape index (κ3) is 5.09. The van der Waals surface area contributed by atoms with Crippen molar-refractivity contribution in [1.82, 2.24) is 4.72 Å². The molecule has 0 bridgehead atoms. The molecule has 0 saturated heterocycles.